The Morgan fingerprint density at radius 2 is 1.95 bits per heavy atom. The third kappa shape index (κ3) is 4.82. The quantitative estimate of drug-likeness (QED) is 0.637. The zero-order chi connectivity index (χ0) is 16.1. The standard InChI is InChI=1S/C12H26N2O4S3/c1-4-6-13-9-11(3)21(17,18)14-7-8-19-10-12(14)20(15,16)5-2/h11-13H,4-10H2,1-3H3. The van der Waals surface area contributed by atoms with Gasteiger partial charge in [-0.15, -0.1) is 0 Å². The minimum absolute atomic E-state index is 0.0350. The summed E-state index contributed by atoms with van der Waals surface area (Å²) < 4.78 is 50.9. The Kier molecular flexibility index (Phi) is 7.45. The van der Waals surface area contributed by atoms with E-state index in [0.717, 1.165) is 13.0 Å². The number of thioether (sulfide) groups is 1. The van der Waals surface area contributed by atoms with Crippen LogP contribution >= 0.6 is 11.8 Å². The number of nitrogens with one attached hydrogen (secondary N) is 1. The number of hydrogen-bond acceptors (Lipinski definition) is 6. The summed E-state index contributed by atoms with van der Waals surface area (Å²) in [6.07, 6.45) is 0.931. The lowest BCUT2D eigenvalue weighted by Gasteiger charge is -2.35. The zero-order valence-corrected chi connectivity index (χ0v) is 15.4. The van der Waals surface area contributed by atoms with Crippen LogP contribution in [0, 0.1) is 0 Å². The molecule has 0 spiro atoms. The van der Waals surface area contributed by atoms with Gasteiger partial charge in [-0.2, -0.15) is 16.1 Å². The van der Waals surface area contributed by atoms with Gasteiger partial charge in [0.05, 0.1) is 5.25 Å². The molecule has 1 rings (SSSR count). The van der Waals surface area contributed by atoms with Crippen molar-refractivity contribution in [1.29, 1.82) is 0 Å². The minimum Gasteiger partial charge on any atom is -0.315 e. The molecule has 1 heterocycles. The molecule has 0 aromatic heterocycles. The van der Waals surface area contributed by atoms with Crippen LogP contribution in [-0.2, 0) is 19.9 Å². The maximum absolute atomic E-state index is 12.7. The van der Waals surface area contributed by atoms with Crippen molar-refractivity contribution < 1.29 is 16.8 Å². The highest BCUT2D eigenvalue weighted by molar-refractivity contribution is 8.01. The summed E-state index contributed by atoms with van der Waals surface area (Å²) in [5.74, 6) is 0.932. The molecule has 0 aromatic rings. The molecular formula is C12H26N2O4S3. The van der Waals surface area contributed by atoms with Crippen LogP contribution in [0.1, 0.15) is 27.2 Å². The number of nitrogens with zero attached hydrogens (tertiary/aromatic N) is 1. The first-order valence-corrected chi connectivity index (χ1v) is 11.6. The fraction of sp³-hybridized carbons (Fsp3) is 1.00. The van der Waals surface area contributed by atoms with E-state index < -0.39 is 30.5 Å². The molecule has 1 N–H and O–H groups in total. The van der Waals surface area contributed by atoms with E-state index >= 15 is 0 Å². The number of hydrogen-bond donors (Lipinski definition) is 1. The Morgan fingerprint density at radius 3 is 2.52 bits per heavy atom. The molecule has 1 aliphatic heterocycles. The van der Waals surface area contributed by atoms with Crippen LogP contribution in [-0.4, -0.2) is 68.7 Å². The van der Waals surface area contributed by atoms with Gasteiger partial charge in [-0.3, -0.25) is 0 Å². The van der Waals surface area contributed by atoms with E-state index in [1.165, 1.54) is 16.1 Å². The second-order valence-corrected chi connectivity index (χ2v) is 11.1. The van der Waals surface area contributed by atoms with Gasteiger partial charge in [0.2, 0.25) is 10.0 Å². The predicted molar refractivity (Wildman–Crippen MR) is 88.8 cm³/mol. The van der Waals surface area contributed by atoms with Crippen molar-refractivity contribution in [2.75, 3.05) is 36.9 Å². The topological polar surface area (TPSA) is 83.6 Å². The Balaban J connectivity index is 2.92. The molecule has 1 fully saturated rings. The maximum atomic E-state index is 12.7. The van der Waals surface area contributed by atoms with Gasteiger partial charge in [0, 0.05) is 30.3 Å². The molecule has 0 bridgehead atoms. The molecule has 2 unspecified atom stereocenters. The third-order valence-corrected chi connectivity index (χ3v) is 9.24. The van der Waals surface area contributed by atoms with Gasteiger partial charge in [-0.05, 0) is 19.9 Å². The number of sulfonamides is 1. The summed E-state index contributed by atoms with van der Waals surface area (Å²) in [4.78, 5) is 0. The van der Waals surface area contributed by atoms with E-state index in [4.69, 9.17) is 0 Å². The van der Waals surface area contributed by atoms with E-state index in [-0.39, 0.29) is 12.3 Å². The summed E-state index contributed by atoms with van der Waals surface area (Å²) in [7, 11) is -7.01. The fourth-order valence-electron chi connectivity index (χ4n) is 2.15. The van der Waals surface area contributed by atoms with Gasteiger partial charge in [0.1, 0.15) is 5.37 Å². The normalized spacial score (nSPS) is 23.1. The largest absolute Gasteiger partial charge is 0.315 e. The van der Waals surface area contributed by atoms with Gasteiger partial charge >= 0.3 is 0 Å². The van der Waals surface area contributed by atoms with Crippen LogP contribution in [0.25, 0.3) is 0 Å². The molecule has 1 saturated heterocycles. The lowest BCUT2D eigenvalue weighted by molar-refractivity contribution is 0.396. The molecule has 126 valence electrons. The Labute approximate surface area is 133 Å². The number of rotatable bonds is 8. The third-order valence-electron chi connectivity index (χ3n) is 3.55. The average Bonchev–Trinajstić information content (AvgIpc) is 2.47. The molecule has 0 aliphatic carbocycles. The first kappa shape index (κ1) is 19.2. The Hall–Kier alpha value is 0.170. The molecule has 2 atom stereocenters. The molecule has 9 heteroatoms. The highest BCUT2D eigenvalue weighted by Gasteiger charge is 2.41. The summed E-state index contributed by atoms with van der Waals surface area (Å²) in [6, 6.07) is 0. The molecule has 21 heavy (non-hydrogen) atoms. The van der Waals surface area contributed by atoms with Gasteiger partial charge in [-0.25, -0.2) is 16.8 Å². The van der Waals surface area contributed by atoms with Crippen LogP contribution in [0.3, 0.4) is 0 Å². The lowest BCUT2D eigenvalue weighted by Crippen LogP contribution is -2.54. The Bertz CT molecular complexity index is 519. The van der Waals surface area contributed by atoms with Crippen molar-refractivity contribution in [2.24, 2.45) is 0 Å². The van der Waals surface area contributed by atoms with Crippen LogP contribution < -0.4 is 5.32 Å². The van der Waals surface area contributed by atoms with E-state index in [0.29, 0.717) is 18.1 Å². The number of sulfone groups is 1. The van der Waals surface area contributed by atoms with Crippen LogP contribution in [0.4, 0.5) is 0 Å². The summed E-state index contributed by atoms with van der Waals surface area (Å²) in [5.41, 5.74) is 0. The van der Waals surface area contributed by atoms with E-state index in [1.54, 1.807) is 13.8 Å². The highest BCUT2D eigenvalue weighted by atomic mass is 32.2. The van der Waals surface area contributed by atoms with Crippen molar-refractivity contribution in [3.63, 3.8) is 0 Å². The van der Waals surface area contributed by atoms with Gasteiger partial charge in [-0.1, -0.05) is 13.8 Å². The highest BCUT2D eigenvalue weighted by Crippen LogP contribution is 2.26. The summed E-state index contributed by atoms with van der Waals surface area (Å²) in [5, 5.41) is 1.55. The SMILES string of the molecule is CCCNCC(C)S(=O)(=O)N1CCSCC1S(=O)(=O)CC. The van der Waals surface area contributed by atoms with Gasteiger partial charge < -0.3 is 5.32 Å². The molecule has 0 saturated carbocycles. The first-order chi connectivity index (χ1) is 9.77. The molecule has 6 nitrogen and oxygen atoms in total. The first-order valence-electron chi connectivity index (χ1n) is 7.28. The van der Waals surface area contributed by atoms with Crippen molar-refractivity contribution in [3.8, 4) is 0 Å². The Morgan fingerprint density at radius 1 is 1.29 bits per heavy atom. The van der Waals surface area contributed by atoms with Crippen molar-refractivity contribution >= 4 is 31.6 Å². The zero-order valence-electron chi connectivity index (χ0n) is 12.9. The monoisotopic (exact) mass is 358 g/mol. The molecule has 0 radical (unpaired) electrons. The molecular weight excluding hydrogens is 332 g/mol. The van der Waals surface area contributed by atoms with Crippen molar-refractivity contribution in [2.45, 2.75) is 37.8 Å². The van der Waals surface area contributed by atoms with E-state index in [1.807, 2.05) is 6.92 Å². The van der Waals surface area contributed by atoms with E-state index in [2.05, 4.69) is 5.32 Å². The fourth-order valence-corrected chi connectivity index (χ4v) is 7.49. The lowest BCUT2D eigenvalue weighted by atomic mass is 10.4. The smallest absolute Gasteiger partial charge is 0.219 e. The van der Waals surface area contributed by atoms with E-state index in [9.17, 15) is 16.8 Å². The predicted octanol–water partition coefficient (Wildman–Crippen LogP) is 0.514. The van der Waals surface area contributed by atoms with Crippen molar-refractivity contribution in [3.05, 3.63) is 0 Å². The minimum atomic E-state index is -3.61. The van der Waals surface area contributed by atoms with Crippen LogP contribution in [0.2, 0.25) is 0 Å². The summed E-state index contributed by atoms with van der Waals surface area (Å²) >= 11 is 1.50. The second kappa shape index (κ2) is 8.14. The molecule has 0 amide bonds. The van der Waals surface area contributed by atoms with Crippen LogP contribution in [0.5, 0.6) is 0 Å². The van der Waals surface area contributed by atoms with Crippen molar-refractivity contribution in [1.82, 2.24) is 9.62 Å². The second-order valence-electron chi connectivity index (χ2n) is 5.15. The summed E-state index contributed by atoms with van der Waals surface area (Å²) in [6.45, 7) is 6.58. The molecule has 0 aromatic carbocycles. The van der Waals surface area contributed by atoms with Crippen LogP contribution in [0.15, 0.2) is 0 Å². The maximum Gasteiger partial charge on any atom is 0.219 e. The average molecular weight is 359 g/mol. The van der Waals surface area contributed by atoms with Gasteiger partial charge in [0.25, 0.3) is 0 Å². The molecule has 1 aliphatic rings. The van der Waals surface area contributed by atoms with Gasteiger partial charge in [0.15, 0.2) is 9.84 Å².